The van der Waals surface area contributed by atoms with Crippen LogP contribution < -0.4 is 11.3 Å². The predicted octanol–water partition coefficient (Wildman–Crippen LogP) is -0.567. The number of hydrogen-bond donors (Lipinski definition) is 2. The second-order valence-corrected chi connectivity index (χ2v) is 2.79. The molecule has 0 aliphatic carbocycles. The van der Waals surface area contributed by atoms with Crippen LogP contribution in [0.25, 0.3) is 0 Å². The van der Waals surface area contributed by atoms with Crippen LogP contribution in [-0.2, 0) is 13.0 Å². The van der Waals surface area contributed by atoms with Gasteiger partial charge in [-0.25, -0.2) is 10.8 Å². The molecule has 0 bridgehead atoms. The monoisotopic (exact) mass is 166 g/mol. The summed E-state index contributed by atoms with van der Waals surface area (Å²) in [6.07, 6.45) is 3.59. The smallest absolute Gasteiger partial charge is 0.283 e. The Morgan fingerprint density at radius 3 is 3.33 bits per heavy atom. The number of carbonyl (C=O) groups is 1. The lowest BCUT2D eigenvalue weighted by atomic mass is 10.4. The molecule has 1 aromatic heterocycles. The first-order valence-electron chi connectivity index (χ1n) is 3.88. The second kappa shape index (κ2) is 2.60. The van der Waals surface area contributed by atoms with Gasteiger partial charge >= 0.3 is 0 Å². The van der Waals surface area contributed by atoms with E-state index in [1.54, 1.807) is 6.20 Å². The van der Waals surface area contributed by atoms with Gasteiger partial charge < -0.3 is 4.57 Å². The van der Waals surface area contributed by atoms with E-state index in [1.807, 2.05) is 4.57 Å². The largest absolute Gasteiger partial charge is 0.324 e. The highest BCUT2D eigenvalue weighted by Crippen LogP contribution is 2.15. The van der Waals surface area contributed by atoms with Crippen LogP contribution in [-0.4, -0.2) is 15.5 Å². The molecule has 2 rings (SSSR count). The quantitative estimate of drug-likeness (QED) is 0.333. The van der Waals surface area contributed by atoms with Gasteiger partial charge in [0.2, 0.25) is 0 Å². The second-order valence-electron chi connectivity index (χ2n) is 2.79. The van der Waals surface area contributed by atoms with Crippen molar-refractivity contribution in [2.45, 2.75) is 19.4 Å². The minimum atomic E-state index is -0.268. The number of fused-ring (bicyclic) bond motifs is 1. The van der Waals surface area contributed by atoms with Crippen LogP contribution in [0.4, 0.5) is 0 Å². The van der Waals surface area contributed by atoms with Gasteiger partial charge in [-0.2, -0.15) is 0 Å². The van der Waals surface area contributed by atoms with Gasteiger partial charge in [0.25, 0.3) is 5.91 Å². The number of aryl methyl sites for hydroxylation is 1. The molecule has 0 saturated carbocycles. The number of imidazole rings is 1. The van der Waals surface area contributed by atoms with E-state index >= 15 is 0 Å². The SMILES string of the molecule is NNC(=O)c1cnc2n1CCC2. The number of carbonyl (C=O) groups excluding carboxylic acids is 1. The van der Waals surface area contributed by atoms with E-state index in [0.717, 1.165) is 25.2 Å². The first-order valence-corrected chi connectivity index (χ1v) is 3.88. The number of nitrogens with one attached hydrogen (secondary N) is 1. The molecule has 0 radical (unpaired) electrons. The number of aromatic nitrogens is 2. The van der Waals surface area contributed by atoms with Gasteiger partial charge in [0.05, 0.1) is 6.20 Å². The minimum Gasteiger partial charge on any atom is -0.324 e. The molecule has 0 saturated heterocycles. The number of hydrazine groups is 1. The average Bonchev–Trinajstić information content (AvgIpc) is 2.62. The number of hydrogen-bond acceptors (Lipinski definition) is 3. The van der Waals surface area contributed by atoms with Crippen LogP contribution in [0.5, 0.6) is 0 Å². The van der Waals surface area contributed by atoms with E-state index in [2.05, 4.69) is 10.4 Å². The van der Waals surface area contributed by atoms with Crippen LogP contribution in [0, 0.1) is 0 Å². The van der Waals surface area contributed by atoms with E-state index in [-0.39, 0.29) is 5.91 Å². The van der Waals surface area contributed by atoms with Gasteiger partial charge in [0.1, 0.15) is 11.5 Å². The third kappa shape index (κ3) is 0.902. The number of nitrogen functional groups attached to an aromatic ring is 1. The Balaban J connectivity index is 2.39. The normalized spacial score (nSPS) is 14.4. The molecule has 0 unspecified atom stereocenters. The maximum Gasteiger partial charge on any atom is 0.283 e. The van der Waals surface area contributed by atoms with Gasteiger partial charge in [-0.3, -0.25) is 10.2 Å². The highest BCUT2D eigenvalue weighted by molar-refractivity contribution is 5.92. The summed E-state index contributed by atoms with van der Waals surface area (Å²) in [6.45, 7) is 0.873. The molecule has 5 heteroatoms. The van der Waals surface area contributed by atoms with Gasteiger partial charge in [0, 0.05) is 13.0 Å². The van der Waals surface area contributed by atoms with Crippen LogP contribution in [0.2, 0.25) is 0 Å². The Morgan fingerprint density at radius 1 is 1.75 bits per heavy atom. The summed E-state index contributed by atoms with van der Waals surface area (Å²) in [5.41, 5.74) is 2.66. The van der Waals surface area contributed by atoms with Crippen molar-refractivity contribution in [2.24, 2.45) is 5.84 Å². The van der Waals surface area contributed by atoms with E-state index in [0.29, 0.717) is 5.69 Å². The zero-order chi connectivity index (χ0) is 8.55. The lowest BCUT2D eigenvalue weighted by molar-refractivity contribution is 0.0944. The Labute approximate surface area is 69.5 Å². The molecule has 1 aromatic rings. The topological polar surface area (TPSA) is 72.9 Å². The molecular formula is C7H10N4O. The van der Waals surface area contributed by atoms with E-state index < -0.39 is 0 Å². The Bertz CT molecular complexity index is 317. The van der Waals surface area contributed by atoms with Crippen LogP contribution in [0.3, 0.4) is 0 Å². The van der Waals surface area contributed by atoms with Crippen LogP contribution >= 0.6 is 0 Å². The molecular weight excluding hydrogens is 156 g/mol. The van der Waals surface area contributed by atoms with Gasteiger partial charge in [-0.1, -0.05) is 0 Å². The molecule has 1 aliphatic rings. The molecule has 1 aliphatic heterocycles. The molecule has 64 valence electrons. The Morgan fingerprint density at radius 2 is 2.58 bits per heavy atom. The van der Waals surface area contributed by atoms with Crippen molar-refractivity contribution >= 4 is 5.91 Å². The van der Waals surface area contributed by atoms with Gasteiger partial charge in [-0.15, -0.1) is 0 Å². The third-order valence-electron chi connectivity index (χ3n) is 2.08. The summed E-state index contributed by atoms with van der Waals surface area (Å²) in [5.74, 6) is 5.73. The van der Waals surface area contributed by atoms with Crippen molar-refractivity contribution < 1.29 is 4.79 Å². The van der Waals surface area contributed by atoms with Crippen molar-refractivity contribution in [2.75, 3.05) is 0 Å². The third-order valence-corrected chi connectivity index (χ3v) is 2.08. The molecule has 12 heavy (non-hydrogen) atoms. The number of nitrogens with zero attached hydrogens (tertiary/aromatic N) is 2. The highest BCUT2D eigenvalue weighted by atomic mass is 16.2. The van der Waals surface area contributed by atoms with E-state index in [9.17, 15) is 4.79 Å². The van der Waals surface area contributed by atoms with Crippen molar-refractivity contribution in [3.63, 3.8) is 0 Å². The molecule has 0 aromatic carbocycles. The fourth-order valence-electron chi connectivity index (χ4n) is 1.51. The minimum absolute atomic E-state index is 0.268. The van der Waals surface area contributed by atoms with Crippen molar-refractivity contribution in [1.82, 2.24) is 15.0 Å². The number of nitrogens with two attached hydrogens (primary N) is 1. The van der Waals surface area contributed by atoms with Gasteiger partial charge in [0.15, 0.2) is 0 Å². The molecule has 0 atom stereocenters. The lowest BCUT2D eigenvalue weighted by Gasteiger charge is -2.01. The molecule has 3 N–H and O–H groups in total. The summed E-state index contributed by atoms with van der Waals surface area (Å²) in [7, 11) is 0. The van der Waals surface area contributed by atoms with Crippen LogP contribution in [0.15, 0.2) is 6.20 Å². The zero-order valence-corrected chi connectivity index (χ0v) is 6.58. The predicted molar refractivity (Wildman–Crippen MR) is 42.2 cm³/mol. The highest BCUT2D eigenvalue weighted by Gasteiger charge is 2.18. The summed E-state index contributed by atoms with van der Waals surface area (Å²) < 4.78 is 1.90. The molecule has 1 amide bonds. The maximum absolute atomic E-state index is 11.1. The van der Waals surface area contributed by atoms with E-state index in [1.165, 1.54) is 0 Å². The van der Waals surface area contributed by atoms with E-state index in [4.69, 9.17) is 5.84 Å². The molecule has 0 fully saturated rings. The lowest BCUT2D eigenvalue weighted by Crippen LogP contribution is -2.31. The average molecular weight is 166 g/mol. The fourth-order valence-corrected chi connectivity index (χ4v) is 1.51. The van der Waals surface area contributed by atoms with Crippen molar-refractivity contribution in [1.29, 1.82) is 0 Å². The number of rotatable bonds is 1. The first-order chi connectivity index (χ1) is 5.83. The maximum atomic E-state index is 11.1. The summed E-state index contributed by atoms with van der Waals surface area (Å²) in [4.78, 5) is 15.2. The summed E-state index contributed by atoms with van der Waals surface area (Å²) in [5, 5.41) is 0. The molecule has 0 spiro atoms. The van der Waals surface area contributed by atoms with Crippen molar-refractivity contribution in [3.8, 4) is 0 Å². The standard InChI is InChI=1S/C7H10N4O/c8-10-7(12)5-4-9-6-2-1-3-11(5)6/h4H,1-3,8H2,(H,10,12). The molecule has 2 heterocycles. The van der Waals surface area contributed by atoms with Crippen LogP contribution in [0.1, 0.15) is 22.7 Å². The summed E-state index contributed by atoms with van der Waals surface area (Å²) >= 11 is 0. The molecule has 5 nitrogen and oxygen atoms in total. The van der Waals surface area contributed by atoms with Crippen molar-refractivity contribution in [3.05, 3.63) is 17.7 Å². The summed E-state index contributed by atoms with van der Waals surface area (Å²) in [6, 6.07) is 0. The fraction of sp³-hybridized carbons (Fsp3) is 0.429. The Hall–Kier alpha value is -1.36. The number of amides is 1. The zero-order valence-electron chi connectivity index (χ0n) is 6.58. The Kier molecular flexibility index (Phi) is 1.58. The van der Waals surface area contributed by atoms with Gasteiger partial charge in [-0.05, 0) is 6.42 Å². The first kappa shape index (κ1) is 7.30.